The predicted molar refractivity (Wildman–Crippen MR) is 73.2 cm³/mol. The lowest BCUT2D eigenvalue weighted by Gasteiger charge is -1.93. The molecule has 1 N–H and O–H groups in total. The van der Waals surface area contributed by atoms with Crippen molar-refractivity contribution in [2.24, 2.45) is 5.16 Å². The lowest BCUT2D eigenvalue weighted by atomic mass is 10.2. The van der Waals surface area contributed by atoms with Crippen LogP contribution in [0, 0.1) is 17.7 Å². The summed E-state index contributed by atoms with van der Waals surface area (Å²) in [4.78, 5) is 3.96. The van der Waals surface area contributed by atoms with Gasteiger partial charge in [-0.2, -0.15) is 0 Å². The van der Waals surface area contributed by atoms with Crippen LogP contribution in [0.5, 0.6) is 0 Å². The maximum Gasteiger partial charge on any atom is 0.123 e. The van der Waals surface area contributed by atoms with Gasteiger partial charge in [0.2, 0.25) is 0 Å². The number of pyridine rings is 1. The fraction of sp³-hybridized carbons (Fsp3) is 0. The molecule has 1 aromatic carbocycles. The van der Waals surface area contributed by atoms with Crippen molar-refractivity contribution in [2.45, 2.75) is 0 Å². The van der Waals surface area contributed by atoms with Crippen LogP contribution < -0.4 is 0 Å². The van der Waals surface area contributed by atoms with Crippen LogP contribution in [0.25, 0.3) is 0 Å². The van der Waals surface area contributed by atoms with Crippen LogP contribution in [0.2, 0.25) is 0 Å². The molecule has 0 fully saturated rings. The highest BCUT2D eigenvalue weighted by molar-refractivity contribution is 5.85. The van der Waals surface area contributed by atoms with Gasteiger partial charge in [0.1, 0.15) is 5.82 Å². The van der Waals surface area contributed by atoms with Gasteiger partial charge >= 0.3 is 0 Å². The van der Waals surface area contributed by atoms with Crippen molar-refractivity contribution in [2.75, 3.05) is 0 Å². The standard InChI is InChI=1S/C14H9FN2O.ClH/c15-14-5-3-11(4-6-14)1-2-12-7-13(10-17-18)9-16-8-12;/h3-10,18H;1H/b17-10+;. The summed E-state index contributed by atoms with van der Waals surface area (Å²) in [7, 11) is 0. The van der Waals surface area contributed by atoms with Gasteiger partial charge in [-0.25, -0.2) is 4.39 Å². The van der Waals surface area contributed by atoms with E-state index in [1.165, 1.54) is 18.3 Å². The van der Waals surface area contributed by atoms with Crippen molar-refractivity contribution in [3.05, 3.63) is 65.2 Å². The molecule has 0 aliphatic rings. The number of oxime groups is 1. The van der Waals surface area contributed by atoms with Gasteiger partial charge in [0.25, 0.3) is 0 Å². The van der Waals surface area contributed by atoms with Gasteiger partial charge in [-0.1, -0.05) is 17.0 Å². The molecule has 0 bridgehead atoms. The van der Waals surface area contributed by atoms with Crippen molar-refractivity contribution in [3.63, 3.8) is 0 Å². The fourth-order valence-electron chi connectivity index (χ4n) is 1.34. The molecule has 2 aromatic rings. The molecule has 0 saturated carbocycles. The predicted octanol–water partition coefficient (Wildman–Crippen LogP) is 2.85. The monoisotopic (exact) mass is 276 g/mol. The zero-order valence-electron chi connectivity index (χ0n) is 9.75. The average molecular weight is 277 g/mol. The summed E-state index contributed by atoms with van der Waals surface area (Å²) in [6, 6.07) is 7.67. The molecule has 1 aromatic heterocycles. The second-order valence-corrected chi connectivity index (χ2v) is 3.51. The molecule has 0 atom stereocenters. The second kappa shape index (κ2) is 7.14. The van der Waals surface area contributed by atoms with E-state index >= 15 is 0 Å². The largest absolute Gasteiger partial charge is 0.411 e. The van der Waals surface area contributed by atoms with Crippen LogP contribution in [-0.4, -0.2) is 16.4 Å². The summed E-state index contributed by atoms with van der Waals surface area (Å²) < 4.78 is 12.7. The van der Waals surface area contributed by atoms with Crippen LogP contribution in [-0.2, 0) is 0 Å². The highest BCUT2D eigenvalue weighted by Gasteiger charge is 1.92. The second-order valence-electron chi connectivity index (χ2n) is 3.51. The van der Waals surface area contributed by atoms with Gasteiger partial charge in [0.05, 0.1) is 6.21 Å². The number of nitrogens with zero attached hydrogens (tertiary/aromatic N) is 2. The maximum atomic E-state index is 12.7. The summed E-state index contributed by atoms with van der Waals surface area (Å²) in [6.07, 6.45) is 4.43. The van der Waals surface area contributed by atoms with Crippen molar-refractivity contribution < 1.29 is 9.60 Å². The van der Waals surface area contributed by atoms with E-state index in [1.54, 1.807) is 30.6 Å². The first-order valence-corrected chi connectivity index (χ1v) is 5.18. The molecule has 0 amide bonds. The van der Waals surface area contributed by atoms with Crippen LogP contribution in [0.4, 0.5) is 4.39 Å². The third-order valence-corrected chi connectivity index (χ3v) is 2.16. The minimum atomic E-state index is -0.289. The Morgan fingerprint density at radius 1 is 1.11 bits per heavy atom. The fourth-order valence-corrected chi connectivity index (χ4v) is 1.34. The number of rotatable bonds is 1. The summed E-state index contributed by atoms with van der Waals surface area (Å²) >= 11 is 0. The molecular formula is C14H10ClFN2O. The van der Waals surface area contributed by atoms with E-state index in [1.807, 2.05) is 0 Å². The molecule has 0 aliphatic heterocycles. The SMILES string of the molecule is Cl.O/N=C/c1cncc(C#Cc2ccc(F)cc2)c1. The van der Waals surface area contributed by atoms with E-state index in [4.69, 9.17) is 5.21 Å². The zero-order chi connectivity index (χ0) is 12.8. The Balaban J connectivity index is 0.00000180. The maximum absolute atomic E-state index is 12.7. The van der Waals surface area contributed by atoms with E-state index in [0.717, 1.165) is 5.56 Å². The van der Waals surface area contributed by atoms with Gasteiger partial charge in [-0.05, 0) is 30.3 Å². The first-order valence-electron chi connectivity index (χ1n) is 5.18. The summed E-state index contributed by atoms with van der Waals surface area (Å²) in [5.74, 6) is 5.51. The number of benzene rings is 1. The Hall–Kier alpha value is -2.38. The number of hydrogen-bond donors (Lipinski definition) is 1. The van der Waals surface area contributed by atoms with Gasteiger partial charge in [0, 0.05) is 29.1 Å². The Bertz CT molecular complexity index is 630. The van der Waals surface area contributed by atoms with Crippen molar-refractivity contribution in [1.29, 1.82) is 0 Å². The lowest BCUT2D eigenvalue weighted by molar-refractivity contribution is 0.322. The van der Waals surface area contributed by atoms with Crippen molar-refractivity contribution >= 4 is 18.6 Å². The molecule has 0 saturated heterocycles. The Morgan fingerprint density at radius 3 is 2.47 bits per heavy atom. The topological polar surface area (TPSA) is 45.5 Å². The van der Waals surface area contributed by atoms with Crippen LogP contribution in [0.1, 0.15) is 16.7 Å². The van der Waals surface area contributed by atoms with Crippen molar-refractivity contribution in [1.82, 2.24) is 4.98 Å². The van der Waals surface area contributed by atoms with E-state index in [0.29, 0.717) is 11.1 Å². The molecule has 0 aliphatic carbocycles. The van der Waals surface area contributed by atoms with Gasteiger partial charge in [-0.15, -0.1) is 12.4 Å². The Morgan fingerprint density at radius 2 is 1.79 bits per heavy atom. The molecule has 0 radical (unpaired) electrons. The number of halogens is 2. The van der Waals surface area contributed by atoms with Gasteiger partial charge < -0.3 is 5.21 Å². The van der Waals surface area contributed by atoms with E-state index in [2.05, 4.69) is 22.0 Å². The molecule has 2 rings (SSSR count). The molecule has 5 heteroatoms. The Labute approximate surface area is 116 Å². The Kier molecular flexibility index (Phi) is 5.52. The highest BCUT2D eigenvalue weighted by atomic mass is 35.5. The third kappa shape index (κ3) is 4.41. The van der Waals surface area contributed by atoms with Gasteiger partial charge in [0.15, 0.2) is 0 Å². The van der Waals surface area contributed by atoms with E-state index in [9.17, 15) is 4.39 Å². The van der Waals surface area contributed by atoms with Gasteiger partial charge in [-0.3, -0.25) is 4.98 Å². The summed E-state index contributed by atoms with van der Waals surface area (Å²) in [5.41, 5.74) is 2.07. The third-order valence-electron chi connectivity index (χ3n) is 2.16. The number of hydrogen-bond acceptors (Lipinski definition) is 3. The van der Waals surface area contributed by atoms with Crippen LogP contribution in [0.15, 0.2) is 47.9 Å². The quantitative estimate of drug-likeness (QED) is 0.377. The molecule has 96 valence electrons. The van der Waals surface area contributed by atoms with Crippen molar-refractivity contribution in [3.8, 4) is 11.8 Å². The normalized spacial score (nSPS) is 9.53. The zero-order valence-corrected chi connectivity index (χ0v) is 10.6. The molecule has 1 heterocycles. The molecule has 0 spiro atoms. The minimum absolute atomic E-state index is 0. The summed E-state index contributed by atoms with van der Waals surface area (Å²) in [6.45, 7) is 0. The minimum Gasteiger partial charge on any atom is -0.411 e. The van der Waals surface area contributed by atoms with E-state index in [-0.39, 0.29) is 18.2 Å². The number of aromatic nitrogens is 1. The smallest absolute Gasteiger partial charge is 0.123 e. The molecule has 19 heavy (non-hydrogen) atoms. The molecule has 3 nitrogen and oxygen atoms in total. The highest BCUT2D eigenvalue weighted by Crippen LogP contribution is 2.02. The molecule has 0 unspecified atom stereocenters. The van der Waals surface area contributed by atoms with Crippen LogP contribution >= 0.6 is 12.4 Å². The summed E-state index contributed by atoms with van der Waals surface area (Å²) in [5, 5.41) is 11.3. The van der Waals surface area contributed by atoms with E-state index < -0.39 is 0 Å². The first kappa shape index (κ1) is 14.7. The average Bonchev–Trinajstić information content (AvgIpc) is 2.39. The first-order chi connectivity index (χ1) is 8.78. The lowest BCUT2D eigenvalue weighted by Crippen LogP contribution is -1.86. The molecular weight excluding hydrogens is 267 g/mol. The van der Waals surface area contributed by atoms with Crippen LogP contribution in [0.3, 0.4) is 0 Å².